The molecule has 0 aliphatic rings. The molecule has 2 N–H and O–H groups in total. The second kappa shape index (κ2) is 8.29. The molecule has 0 fully saturated rings. The van der Waals surface area contributed by atoms with E-state index < -0.39 is 0 Å². The van der Waals surface area contributed by atoms with Crippen molar-refractivity contribution in [2.24, 2.45) is 5.73 Å². The lowest BCUT2D eigenvalue weighted by Crippen LogP contribution is -2.16. The summed E-state index contributed by atoms with van der Waals surface area (Å²) in [6, 6.07) is 15.6. The van der Waals surface area contributed by atoms with Gasteiger partial charge in [0.2, 0.25) is 0 Å². The Balaban J connectivity index is 1.96. The molecule has 0 amide bonds. The molecular formula is C18H23NO3. The van der Waals surface area contributed by atoms with E-state index in [-0.39, 0.29) is 5.92 Å². The van der Waals surface area contributed by atoms with Crippen LogP contribution < -0.4 is 19.9 Å². The van der Waals surface area contributed by atoms with Gasteiger partial charge in [0.25, 0.3) is 0 Å². The lowest BCUT2D eigenvalue weighted by Gasteiger charge is -2.18. The summed E-state index contributed by atoms with van der Waals surface area (Å²) in [6.07, 6.45) is 0.827. The van der Waals surface area contributed by atoms with E-state index in [2.05, 4.69) is 6.07 Å². The van der Waals surface area contributed by atoms with Crippen molar-refractivity contribution in [3.8, 4) is 17.2 Å². The van der Waals surface area contributed by atoms with Crippen LogP contribution in [0.2, 0.25) is 0 Å². The number of nitrogens with two attached hydrogens (primary N) is 1. The van der Waals surface area contributed by atoms with Crippen LogP contribution in [0, 0.1) is 0 Å². The van der Waals surface area contributed by atoms with E-state index in [1.54, 1.807) is 14.2 Å². The molecule has 0 bridgehead atoms. The highest BCUT2D eigenvalue weighted by Gasteiger charge is 2.14. The number of para-hydroxylation sites is 1. The summed E-state index contributed by atoms with van der Waals surface area (Å²) in [7, 11) is 3.32. The van der Waals surface area contributed by atoms with Gasteiger partial charge in [-0.05, 0) is 36.7 Å². The van der Waals surface area contributed by atoms with Crippen LogP contribution in [0.1, 0.15) is 17.9 Å². The normalized spacial score (nSPS) is 11.8. The van der Waals surface area contributed by atoms with Crippen LogP contribution in [0.25, 0.3) is 0 Å². The minimum atomic E-state index is 0.210. The van der Waals surface area contributed by atoms with Crippen LogP contribution in [0.3, 0.4) is 0 Å². The zero-order chi connectivity index (χ0) is 15.8. The Morgan fingerprint density at radius 1 is 0.955 bits per heavy atom. The number of benzene rings is 2. The van der Waals surface area contributed by atoms with Crippen molar-refractivity contribution in [2.45, 2.75) is 12.3 Å². The maximum absolute atomic E-state index is 5.92. The summed E-state index contributed by atoms with van der Waals surface area (Å²) >= 11 is 0. The molecule has 2 aromatic carbocycles. The molecule has 1 atom stereocenters. The largest absolute Gasteiger partial charge is 0.497 e. The van der Waals surface area contributed by atoms with Crippen LogP contribution >= 0.6 is 0 Å². The maximum Gasteiger partial charge on any atom is 0.122 e. The van der Waals surface area contributed by atoms with Crippen molar-refractivity contribution in [3.63, 3.8) is 0 Å². The summed E-state index contributed by atoms with van der Waals surface area (Å²) < 4.78 is 16.4. The minimum absolute atomic E-state index is 0.210. The number of ether oxygens (including phenoxy) is 3. The van der Waals surface area contributed by atoms with Crippen LogP contribution in [0.5, 0.6) is 17.2 Å². The summed E-state index contributed by atoms with van der Waals surface area (Å²) in [5.41, 5.74) is 7.05. The van der Waals surface area contributed by atoms with Crippen molar-refractivity contribution in [1.82, 2.24) is 0 Å². The maximum atomic E-state index is 5.92. The molecule has 0 aliphatic heterocycles. The van der Waals surface area contributed by atoms with E-state index >= 15 is 0 Å². The second-order valence-electron chi connectivity index (χ2n) is 4.99. The van der Waals surface area contributed by atoms with Gasteiger partial charge in [-0.25, -0.2) is 0 Å². The Morgan fingerprint density at radius 2 is 1.73 bits per heavy atom. The summed E-state index contributed by atoms with van der Waals surface area (Å²) in [5.74, 6) is 2.67. The minimum Gasteiger partial charge on any atom is -0.497 e. The number of rotatable bonds is 8. The Morgan fingerprint density at radius 3 is 2.45 bits per heavy atom. The van der Waals surface area contributed by atoms with E-state index in [0.717, 1.165) is 29.2 Å². The zero-order valence-corrected chi connectivity index (χ0v) is 13.1. The van der Waals surface area contributed by atoms with E-state index in [9.17, 15) is 0 Å². The van der Waals surface area contributed by atoms with Gasteiger partial charge in [0.1, 0.15) is 17.2 Å². The number of hydrogen-bond acceptors (Lipinski definition) is 4. The van der Waals surface area contributed by atoms with E-state index in [4.69, 9.17) is 19.9 Å². The fourth-order valence-corrected chi connectivity index (χ4v) is 2.41. The topological polar surface area (TPSA) is 53.7 Å². The SMILES string of the molecule is COc1cccc(OCCC(CN)c2ccccc2OC)c1. The molecule has 0 spiro atoms. The van der Waals surface area contributed by atoms with Crippen molar-refractivity contribution in [2.75, 3.05) is 27.4 Å². The molecule has 4 nitrogen and oxygen atoms in total. The van der Waals surface area contributed by atoms with Gasteiger partial charge in [0.05, 0.1) is 20.8 Å². The molecule has 118 valence electrons. The Kier molecular flexibility index (Phi) is 6.10. The molecule has 2 aromatic rings. The lowest BCUT2D eigenvalue weighted by molar-refractivity contribution is 0.294. The van der Waals surface area contributed by atoms with E-state index in [1.165, 1.54) is 0 Å². The average Bonchev–Trinajstić information content (AvgIpc) is 2.59. The third-order valence-corrected chi connectivity index (χ3v) is 3.64. The first kappa shape index (κ1) is 16.2. The fraction of sp³-hybridized carbons (Fsp3) is 0.333. The van der Waals surface area contributed by atoms with Crippen LogP contribution in [-0.4, -0.2) is 27.4 Å². The highest BCUT2D eigenvalue weighted by molar-refractivity contribution is 5.36. The van der Waals surface area contributed by atoms with Gasteiger partial charge in [-0.1, -0.05) is 24.3 Å². The van der Waals surface area contributed by atoms with Gasteiger partial charge in [-0.15, -0.1) is 0 Å². The molecule has 4 heteroatoms. The summed E-state index contributed by atoms with van der Waals surface area (Å²) in [5, 5.41) is 0. The number of methoxy groups -OCH3 is 2. The van der Waals surface area contributed by atoms with Gasteiger partial charge < -0.3 is 19.9 Å². The Hall–Kier alpha value is -2.20. The molecule has 0 saturated carbocycles. The first-order valence-corrected chi connectivity index (χ1v) is 7.38. The standard InChI is InChI=1S/C18H23NO3/c1-20-15-6-5-7-16(12-15)22-11-10-14(13-19)17-8-3-4-9-18(17)21-2/h3-9,12,14H,10-11,13,19H2,1-2H3. The monoisotopic (exact) mass is 301 g/mol. The predicted molar refractivity (Wildman–Crippen MR) is 87.9 cm³/mol. The number of hydrogen-bond donors (Lipinski definition) is 1. The van der Waals surface area contributed by atoms with Crippen molar-refractivity contribution in [1.29, 1.82) is 0 Å². The quantitative estimate of drug-likeness (QED) is 0.813. The lowest BCUT2D eigenvalue weighted by atomic mass is 9.95. The van der Waals surface area contributed by atoms with Crippen LogP contribution in [0.15, 0.2) is 48.5 Å². The van der Waals surface area contributed by atoms with Gasteiger partial charge in [-0.3, -0.25) is 0 Å². The Bertz CT molecular complexity index is 586. The molecule has 1 unspecified atom stereocenters. The van der Waals surface area contributed by atoms with Gasteiger partial charge in [-0.2, -0.15) is 0 Å². The van der Waals surface area contributed by atoms with Crippen molar-refractivity contribution < 1.29 is 14.2 Å². The van der Waals surface area contributed by atoms with E-state index in [1.807, 2.05) is 42.5 Å². The molecule has 0 aromatic heterocycles. The molecule has 0 saturated heterocycles. The second-order valence-corrected chi connectivity index (χ2v) is 4.99. The molecule has 0 aliphatic carbocycles. The summed E-state index contributed by atoms with van der Waals surface area (Å²) in [6.45, 7) is 1.15. The fourth-order valence-electron chi connectivity index (χ4n) is 2.41. The first-order chi connectivity index (χ1) is 10.8. The van der Waals surface area contributed by atoms with E-state index in [0.29, 0.717) is 13.2 Å². The highest BCUT2D eigenvalue weighted by Crippen LogP contribution is 2.28. The van der Waals surface area contributed by atoms with Gasteiger partial charge >= 0.3 is 0 Å². The molecular weight excluding hydrogens is 278 g/mol. The van der Waals surface area contributed by atoms with Gasteiger partial charge in [0, 0.05) is 12.0 Å². The molecule has 2 rings (SSSR count). The van der Waals surface area contributed by atoms with Crippen LogP contribution in [0.4, 0.5) is 0 Å². The molecule has 0 heterocycles. The highest BCUT2D eigenvalue weighted by atomic mass is 16.5. The predicted octanol–water partition coefficient (Wildman–Crippen LogP) is 3.22. The van der Waals surface area contributed by atoms with Crippen molar-refractivity contribution in [3.05, 3.63) is 54.1 Å². The molecule has 22 heavy (non-hydrogen) atoms. The first-order valence-electron chi connectivity index (χ1n) is 7.38. The van der Waals surface area contributed by atoms with Gasteiger partial charge in [0.15, 0.2) is 0 Å². The zero-order valence-electron chi connectivity index (χ0n) is 13.1. The third-order valence-electron chi connectivity index (χ3n) is 3.64. The smallest absolute Gasteiger partial charge is 0.122 e. The molecule has 0 radical (unpaired) electrons. The summed E-state index contributed by atoms with van der Waals surface area (Å²) in [4.78, 5) is 0. The average molecular weight is 301 g/mol. The Labute approximate surface area is 131 Å². The third kappa shape index (κ3) is 4.15. The van der Waals surface area contributed by atoms with Crippen molar-refractivity contribution >= 4 is 0 Å². The van der Waals surface area contributed by atoms with Crippen LogP contribution in [-0.2, 0) is 0 Å².